The van der Waals surface area contributed by atoms with Gasteiger partial charge in [0.1, 0.15) is 0 Å². The summed E-state index contributed by atoms with van der Waals surface area (Å²) in [4.78, 5) is 0. The van der Waals surface area contributed by atoms with Gasteiger partial charge in [-0.25, -0.2) is 0 Å². The molecule has 0 aliphatic heterocycles. The van der Waals surface area contributed by atoms with Crippen LogP contribution >= 0.6 is 0 Å². The van der Waals surface area contributed by atoms with E-state index in [-0.39, 0.29) is 0 Å². The average molecular weight is 327 g/mol. The number of benzene rings is 1. The number of hydrogen-bond donors (Lipinski definition) is 0. The second kappa shape index (κ2) is 7.33. The first kappa shape index (κ1) is 14.0. The van der Waals surface area contributed by atoms with Crippen LogP contribution in [-0.2, 0) is 9.49 Å². The minimum absolute atomic E-state index is 0.926. The van der Waals surface area contributed by atoms with E-state index in [2.05, 4.69) is 51.1 Å². The SMILES string of the molecule is C[CH2][Sn]([CH2]C)([CH2]C)[O]CCc1ccccc1. The van der Waals surface area contributed by atoms with Crippen LogP contribution in [-0.4, -0.2) is 25.4 Å². The summed E-state index contributed by atoms with van der Waals surface area (Å²) in [5.74, 6) is 0. The second-order valence-electron chi connectivity index (χ2n) is 4.33. The Hall–Kier alpha value is -0.0213. The summed E-state index contributed by atoms with van der Waals surface area (Å²) in [6, 6.07) is 10.6. The van der Waals surface area contributed by atoms with Crippen molar-refractivity contribution in [3.63, 3.8) is 0 Å². The first-order valence-corrected chi connectivity index (χ1v) is 13.7. The van der Waals surface area contributed by atoms with Crippen LogP contribution in [0.15, 0.2) is 30.3 Å². The molecule has 2 heteroatoms. The van der Waals surface area contributed by atoms with Crippen LogP contribution in [0.3, 0.4) is 0 Å². The van der Waals surface area contributed by atoms with Crippen LogP contribution in [0.1, 0.15) is 26.3 Å². The third-order valence-electron chi connectivity index (χ3n) is 3.57. The Morgan fingerprint density at radius 1 is 0.938 bits per heavy atom. The molecule has 0 atom stereocenters. The zero-order valence-electron chi connectivity index (χ0n) is 10.8. The van der Waals surface area contributed by atoms with Gasteiger partial charge in [0.2, 0.25) is 0 Å². The monoisotopic (exact) mass is 328 g/mol. The van der Waals surface area contributed by atoms with Gasteiger partial charge in [-0.1, -0.05) is 0 Å². The van der Waals surface area contributed by atoms with Gasteiger partial charge < -0.3 is 0 Å². The first-order valence-electron chi connectivity index (χ1n) is 6.44. The van der Waals surface area contributed by atoms with E-state index in [0.29, 0.717) is 0 Å². The molecule has 0 aromatic heterocycles. The van der Waals surface area contributed by atoms with E-state index in [4.69, 9.17) is 3.07 Å². The van der Waals surface area contributed by atoms with Crippen molar-refractivity contribution in [1.82, 2.24) is 0 Å². The Bertz CT molecular complexity index is 272. The standard InChI is InChI=1S/C8H9O.3C2H5.Sn/c9-7-6-8-4-2-1-3-5-8;3*1-2;/h1-5H,6-7H2;3*1H2,2H3;/q-1;;;;+1. The molecule has 0 saturated carbocycles. The van der Waals surface area contributed by atoms with Crippen LogP contribution in [0.25, 0.3) is 0 Å². The Kier molecular flexibility index (Phi) is 6.44. The molecule has 1 aromatic rings. The molecule has 1 aromatic carbocycles. The Labute approximate surface area is 105 Å². The van der Waals surface area contributed by atoms with Crippen molar-refractivity contribution in [2.45, 2.75) is 40.5 Å². The van der Waals surface area contributed by atoms with Crippen LogP contribution in [0.5, 0.6) is 0 Å². The van der Waals surface area contributed by atoms with E-state index in [0.717, 1.165) is 13.0 Å². The van der Waals surface area contributed by atoms with Crippen molar-refractivity contribution >= 4 is 18.8 Å². The summed E-state index contributed by atoms with van der Waals surface area (Å²) in [6.45, 7) is 7.86. The Morgan fingerprint density at radius 2 is 1.50 bits per heavy atom. The second-order valence-corrected chi connectivity index (χ2v) is 18.0. The summed E-state index contributed by atoms with van der Waals surface area (Å²) in [5, 5.41) is 0. The third-order valence-corrected chi connectivity index (χ3v) is 16.9. The molecule has 0 radical (unpaired) electrons. The van der Waals surface area contributed by atoms with Crippen molar-refractivity contribution < 1.29 is 3.07 Å². The van der Waals surface area contributed by atoms with E-state index < -0.39 is 18.8 Å². The van der Waals surface area contributed by atoms with Gasteiger partial charge in [0.05, 0.1) is 0 Å². The van der Waals surface area contributed by atoms with Gasteiger partial charge in [0.15, 0.2) is 0 Å². The molecule has 0 unspecified atom stereocenters. The summed E-state index contributed by atoms with van der Waals surface area (Å²) in [5.41, 5.74) is 1.39. The predicted octanol–water partition coefficient (Wildman–Crippen LogP) is 4.25. The van der Waals surface area contributed by atoms with Gasteiger partial charge >= 0.3 is 105 Å². The van der Waals surface area contributed by atoms with Crippen molar-refractivity contribution in [3.8, 4) is 0 Å². The predicted molar refractivity (Wildman–Crippen MR) is 73.3 cm³/mol. The van der Waals surface area contributed by atoms with Gasteiger partial charge in [-0.05, 0) is 0 Å². The maximum atomic E-state index is 6.29. The molecule has 90 valence electrons. The van der Waals surface area contributed by atoms with Gasteiger partial charge in [0.25, 0.3) is 0 Å². The van der Waals surface area contributed by atoms with Gasteiger partial charge in [-0.2, -0.15) is 0 Å². The summed E-state index contributed by atoms with van der Waals surface area (Å²) >= 11 is -2.13. The number of rotatable bonds is 7. The normalized spacial score (nSPS) is 11.7. The van der Waals surface area contributed by atoms with Crippen molar-refractivity contribution in [1.29, 1.82) is 0 Å². The van der Waals surface area contributed by atoms with Crippen molar-refractivity contribution in [2.24, 2.45) is 0 Å². The molecule has 0 spiro atoms. The molecule has 0 aliphatic rings. The molecular formula is C14H24OSn. The minimum atomic E-state index is -2.13. The molecule has 0 fully saturated rings. The van der Waals surface area contributed by atoms with Gasteiger partial charge in [-0.3, -0.25) is 0 Å². The Morgan fingerprint density at radius 3 is 2.00 bits per heavy atom. The third kappa shape index (κ3) is 4.10. The fraction of sp³-hybridized carbons (Fsp3) is 0.571. The molecule has 0 heterocycles. The van der Waals surface area contributed by atoms with E-state index >= 15 is 0 Å². The Balaban J connectivity index is 2.39. The van der Waals surface area contributed by atoms with E-state index in [1.807, 2.05) is 0 Å². The molecule has 1 rings (SSSR count). The average Bonchev–Trinajstić information content (AvgIpc) is 2.37. The van der Waals surface area contributed by atoms with E-state index in [1.54, 1.807) is 0 Å². The van der Waals surface area contributed by atoms with Crippen LogP contribution in [0.4, 0.5) is 0 Å². The fourth-order valence-corrected chi connectivity index (χ4v) is 9.64. The van der Waals surface area contributed by atoms with Crippen molar-refractivity contribution in [2.75, 3.05) is 6.61 Å². The molecular weight excluding hydrogens is 303 g/mol. The van der Waals surface area contributed by atoms with Gasteiger partial charge in [0, 0.05) is 0 Å². The zero-order valence-corrected chi connectivity index (χ0v) is 13.7. The summed E-state index contributed by atoms with van der Waals surface area (Å²) < 4.78 is 10.2. The van der Waals surface area contributed by atoms with E-state index in [9.17, 15) is 0 Å². The van der Waals surface area contributed by atoms with Crippen molar-refractivity contribution in [3.05, 3.63) is 35.9 Å². The molecule has 0 bridgehead atoms. The number of hydrogen-bond acceptors (Lipinski definition) is 1. The first-order chi connectivity index (χ1) is 7.76. The molecule has 0 amide bonds. The topological polar surface area (TPSA) is 9.23 Å². The molecule has 0 N–H and O–H groups in total. The fourth-order valence-electron chi connectivity index (χ4n) is 2.09. The summed E-state index contributed by atoms with van der Waals surface area (Å²) in [6.07, 6.45) is 1.07. The molecule has 16 heavy (non-hydrogen) atoms. The molecule has 0 saturated heterocycles. The van der Waals surface area contributed by atoms with Crippen LogP contribution in [0, 0.1) is 0 Å². The summed E-state index contributed by atoms with van der Waals surface area (Å²) in [7, 11) is 0. The zero-order chi connectivity index (χ0) is 11.9. The molecule has 1 nitrogen and oxygen atoms in total. The molecule has 0 aliphatic carbocycles. The maximum absolute atomic E-state index is 6.29. The van der Waals surface area contributed by atoms with Crippen LogP contribution < -0.4 is 0 Å². The van der Waals surface area contributed by atoms with Crippen LogP contribution in [0.2, 0.25) is 13.3 Å². The van der Waals surface area contributed by atoms with Gasteiger partial charge in [-0.15, -0.1) is 0 Å². The van der Waals surface area contributed by atoms with E-state index in [1.165, 1.54) is 18.9 Å². The quantitative estimate of drug-likeness (QED) is 0.680.